The van der Waals surface area contributed by atoms with Gasteiger partial charge in [-0.2, -0.15) is 0 Å². The van der Waals surface area contributed by atoms with Crippen LogP contribution in [0.1, 0.15) is 35.2 Å². The van der Waals surface area contributed by atoms with Crippen molar-refractivity contribution in [3.05, 3.63) is 71.8 Å². The van der Waals surface area contributed by atoms with Crippen molar-refractivity contribution in [2.24, 2.45) is 0 Å². The Morgan fingerprint density at radius 2 is 1.39 bits per heavy atom. The number of nitrogens with zero attached hydrogens (tertiary/aromatic N) is 1. The first-order valence-corrected chi connectivity index (χ1v) is 10.4. The third-order valence-electron chi connectivity index (χ3n) is 4.87. The van der Waals surface area contributed by atoms with Crippen LogP contribution in [-0.2, 0) is 25.6 Å². The highest BCUT2D eigenvalue weighted by atomic mass is 16.4. The molecular weight excluding hydrogens is 428 g/mol. The van der Waals surface area contributed by atoms with E-state index in [4.69, 9.17) is 10.2 Å². The fourth-order valence-corrected chi connectivity index (χ4v) is 3.17. The molecule has 0 aromatic heterocycles. The molecule has 0 fully saturated rings. The maximum Gasteiger partial charge on any atom is 0.323 e. The van der Waals surface area contributed by atoms with Crippen LogP contribution in [-0.4, -0.2) is 63.8 Å². The highest BCUT2D eigenvalue weighted by molar-refractivity contribution is 5.98. The summed E-state index contributed by atoms with van der Waals surface area (Å²) in [5, 5.41) is 20.5. The number of aliphatic carboxylic acids is 2. The normalized spacial score (nSPS) is 11.3. The Morgan fingerprint density at radius 1 is 0.788 bits per heavy atom. The average molecular weight is 454 g/mol. The number of rotatable bonds is 13. The number of carbonyl (C=O) groups excluding carboxylic acids is 3. The van der Waals surface area contributed by atoms with Crippen molar-refractivity contribution in [2.75, 3.05) is 13.1 Å². The first kappa shape index (κ1) is 25.3. The lowest BCUT2D eigenvalue weighted by molar-refractivity contribution is -0.146. The quantitative estimate of drug-likeness (QED) is 0.419. The van der Waals surface area contributed by atoms with Crippen LogP contribution in [0.15, 0.2) is 60.7 Å². The molecule has 2 rings (SSSR count). The van der Waals surface area contributed by atoms with E-state index in [-0.39, 0.29) is 31.6 Å². The molecule has 1 unspecified atom stereocenters. The smallest absolute Gasteiger partial charge is 0.323 e. The highest BCUT2D eigenvalue weighted by Crippen LogP contribution is 2.10. The zero-order chi connectivity index (χ0) is 24.2. The standard InChI is InChI=1S/C24H26N2O7/c27-20(11-12-21(28)26(16-23(31)32)14-13-22(29)30)19(15-17-7-3-1-4-8-17)25-24(33)18-9-5-2-6-10-18/h1-10,19H,11-16H2,(H,25,33)(H,29,30)(H,31,32). The molecule has 0 aliphatic rings. The number of amides is 2. The summed E-state index contributed by atoms with van der Waals surface area (Å²) in [6.07, 6.45) is -0.701. The second-order valence-corrected chi connectivity index (χ2v) is 7.40. The van der Waals surface area contributed by atoms with E-state index in [1.807, 2.05) is 30.3 Å². The van der Waals surface area contributed by atoms with Gasteiger partial charge in [-0.1, -0.05) is 48.5 Å². The van der Waals surface area contributed by atoms with Gasteiger partial charge < -0.3 is 20.4 Å². The summed E-state index contributed by atoms with van der Waals surface area (Å²) in [4.78, 5) is 60.7. The molecule has 0 aliphatic carbocycles. The minimum absolute atomic E-state index is 0.226. The molecule has 2 amide bonds. The van der Waals surface area contributed by atoms with Gasteiger partial charge >= 0.3 is 11.9 Å². The Labute approximate surface area is 191 Å². The van der Waals surface area contributed by atoms with Gasteiger partial charge in [0.25, 0.3) is 5.91 Å². The van der Waals surface area contributed by atoms with E-state index in [2.05, 4.69) is 5.32 Å². The number of carboxylic acid groups (broad SMARTS) is 2. The number of carboxylic acids is 2. The van der Waals surface area contributed by atoms with Crippen LogP contribution in [0.3, 0.4) is 0 Å². The van der Waals surface area contributed by atoms with Gasteiger partial charge in [-0.3, -0.25) is 24.0 Å². The highest BCUT2D eigenvalue weighted by Gasteiger charge is 2.24. The zero-order valence-corrected chi connectivity index (χ0v) is 18.0. The Balaban J connectivity index is 2.07. The maximum absolute atomic E-state index is 12.9. The maximum atomic E-state index is 12.9. The number of benzene rings is 2. The summed E-state index contributed by atoms with van der Waals surface area (Å²) in [5.41, 5.74) is 1.21. The number of ketones is 1. The lowest BCUT2D eigenvalue weighted by Crippen LogP contribution is -2.43. The predicted molar refractivity (Wildman–Crippen MR) is 119 cm³/mol. The molecule has 0 saturated heterocycles. The second-order valence-electron chi connectivity index (χ2n) is 7.40. The van der Waals surface area contributed by atoms with E-state index in [1.54, 1.807) is 30.3 Å². The van der Waals surface area contributed by atoms with Gasteiger partial charge in [-0.25, -0.2) is 0 Å². The molecule has 0 radical (unpaired) electrons. The first-order valence-electron chi connectivity index (χ1n) is 10.4. The summed E-state index contributed by atoms with van der Waals surface area (Å²) < 4.78 is 0. The van der Waals surface area contributed by atoms with Gasteiger partial charge in [0.05, 0.1) is 12.5 Å². The van der Waals surface area contributed by atoms with Crippen LogP contribution in [0.2, 0.25) is 0 Å². The van der Waals surface area contributed by atoms with Gasteiger partial charge in [0.2, 0.25) is 5.91 Å². The van der Waals surface area contributed by atoms with Crippen molar-refractivity contribution in [2.45, 2.75) is 31.7 Å². The molecule has 1 atom stereocenters. The summed E-state index contributed by atoms with van der Waals surface area (Å²) >= 11 is 0. The molecule has 0 saturated carbocycles. The number of hydrogen-bond acceptors (Lipinski definition) is 5. The first-order chi connectivity index (χ1) is 15.8. The van der Waals surface area contributed by atoms with Crippen LogP contribution >= 0.6 is 0 Å². The van der Waals surface area contributed by atoms with E-state index in [0.29, 0.717) is 5.56 Å². The van der Waals surface area contributed by atoms with Crippen molar-refractivity contribution in [3.63, 3.8) is 0 Å². The Morgan fingerprint density at radius 3 is 1.97 bits per heavy atom. The lowest BCUT2D eigenvalue weighted by Gasteiger charge is -2.21. The lowest BCUT2D eigenvalue weighted by atomic mass is 9.98. The fraction of sp³-hybridized carbons (Fsp3) is 0.292. The van der Waals surface area contributed by atoms with Crippen LogP contribution < -0.4 is 5.32 Å². The SMILES string of the molecule is O=C(O)CCN(CC(=O)O)C(=O)CCC(=O)C(Cc1ccccc1)NC(=O)c1ccccc1. The number of Topliss-reactive ketones (excluding diaryl/α,β-unsaturated/α-hetero) is 1. The number of carbonyl (C=O) groups is 5. The third-order valence-corrected chi connectivity index (χ3v) is 4.87. The molecule has 174 valence electrons. The summed E-state index contributed by atoms with van der Waals surface area (Å²) in [6, 6.07) is 16.6. The van der Waals surface area contributed by atoms with E-state index in [9.17, 15) is 24.0 Å². The predicted octanol–water partition coefficient (Wildman–Crippen LogP) is 1.76. The minimum Gasteiger partial charge on any atom is -0.481 e. The molecule has 33 heavy (non-hydrogen) atoms. The molecule has 9 heteroatoms. The van der Waals surface area contributed by atoms with Gasteiger partial charge in [-0.05, 0) is 24.1 Å². The Hall–Kier alpha value is -4.01. The monoisotopic (exact) mass is 454 g/mol. The molecule has 0 heterocycles. The van der Waals surface area contributed by atoms with Gasteiger partial charge in [-0.15, -0.1) is 0 Å². The third kappa shape index (κ3) is 8.94. The Kier molecular flexibility index (Phi) is 9.76. The van der Waals surface area contributed by atoms with Gasteiger partial charge in [0.15, 0.2) is 5.78 Å². The van der Waals surface area contributed by atoms with Crippen molar-refractivity contribution in [1.82, 2.24) is 10.2 Å². The van der Waals surface area contributed by atoms with E-state index >= 15 is 0 Å². The van der Waals surface area contributed by atoms with Crippen molar-refractivity contribution in [3.8, 4) is 0 Å². The van der Waals surface area contributed by atoms with E-state index in [1.165, 1.54) is 0 Å². The fourth-order valence-electron chi connectivity index (χ4n) is 3.17. The van der Waals surface area contributed by atoms with Crippen molar-refractivity contribution in [1.29, 1.82) is 0 Å². The van der Waals surface area contributed by atoms with Gasteiger partial charge in [0.1, 0.15) is 6.54 Å². The molecule has 9 nitrogen and oxygen atoms in total. The molecular formula is C24H26N2O7. The van der Waals surface area contributed by atoms with Crippen molar-refractivity contribution >= 4 is 29.5 Å². The van der Waals surface area contributed by atoms with E-state index < -0.39 is 42.8 Å². The summed E-state index contributed by atoms with van der Waals surface area (Å²) in [5.74, 6) is -3.90. The van der Waals surface area contributed by atoms with Crippen molar-refractivity contribution < 1.29 is 34.2 Å². The molecule has 0 spiro atoms. The molecule has 2 aromatic carbocycles. The topological polar surface area (TPSA) is 141 Å². The Bertz CT molecular complexity index is 977. The molecule has 0 aliphatic heterocycles. The summed E-state index contributed by atoms with van der Waals surface area (Å²) in [6.45, 7) is -0.925. The van der Waals surface area contributed by atoms with E-state index in [0.717, 1.165) is 10.5 Å². The second kappa shape index (κ2) is 12.7. The number of nitrogens with one attached hydrogen (secondary N) is 1. The van der Waals surface area contributed by atoms with Crippen LogP contribution in [0.5, 0.6) is 0 Å². The molecule has 2 aromatic rings. The minimum atomic E-state index is -1.28. The van der Waals surface area contributed by atoms with Crippen LogP contribution in [0, 0.1) is 0 Å². The van der Waals surface area contributed by atoms with Crippen LogP contribution in [0.25, 0.3) is 0 Å². The molecule has 0 bridgehead atoms. The largest absolute Gasteiger partial charge is 0.481 e. The molecule has 3 N–H and O–H groups in total. The van der Waals surface area contributed by atoms with Gasteiger partial charge in [0, 0.05) is 24.9 Å². The average Bonchev–Trinajstić information content (AvgIpc) is 2.80. The number of hydrogen-bond donors (Lipinski definition) is 3. The zero-order valence-electron chi connectivity index (χ0n) is 18.0. The van der Waals surface area contributed by atoms with Crippen LogP contribution in [0.4, 0.5) is 0 Å². The summed E-state index contributed by atoms with van der Waals surface area (Å²) in [7, 11) is 0.